The molecular formula is C33H23NO. The minimum atomic E-state index is 0.457. The van der Waals surface area contributed by atoms with E-state index in [4.69, 9.17) is 4.42 Å². The lowest BCUT2D eigenvalue weighted by Crippen LogP contribution is -2.22. The van der Waals surface area contributed by atoms with Gasteiger partial charge in [0.25, 0.3) is 0 Å². The molecule has 0 bridgehead atoms. The highest BCUT2D eigenvalue weighted by Gasteiger charge is 2.39. The van der Waals surface area contributed by atoms with Crippen molar-refractivity contribution in [1.82, 2.24) is 0 Å². The Morgan fingerprint density at radius 3 is 2.23 bits per heavy atom. The second-order valence-electron chi connectivity index (χ2n) is 9.74. The molecule has 1 unspecified atom stereocenters. The molecule has 8 rings (SSSR count). The minimum Gasteiger partial charge on any atom is -0.454 e. The van der Waals surface area contributed by atoms with Gasteiger partial charge in [-0.15, -0.1) is 0 Å². The van der Waals surface area contributed by atoms with Gasteiger partial charge in [0.2, 0.25) is 0 Å². The summed E-state index contributed by atoms with van der Waals surface area (Å²) >= 11 is 0. The van der Waals surface area contributed by atoms with Crippen LogP contribution in [0.1, 0.15) is 11.1 Å². The summed E-state index contributed by atoms with van der Waals surface area (Å²) in [5.74, 6) is 0. The molecule has 2 aliphatic heterocycles. The van der Waals surface area contributed by atoms with Gasteiger partial charge in [0.15, 0.2) is 5.58 Å². The molecule has 2 nitrogen and oxygen atoms in total. The second kappa shape index (κ2) is 7.10. The Morgan fingerprint density at radius 1 is 0.600 bits per heavy atom. The molecule has 35 heavy (non-hydrogen) atoms. The van der Waals surface area contributed by atoms with Crippen molar-refractivity contribution in [2.24, 2.45) is 0 Å². The van der Waals surface area contributed by atoms with E-state index in [9.17, 15) is 0 Å². The van der Waals surface area contributed by atoms with E-state index in [1.54, 1.807) is 0 Å². The largest absolute Gasteiger partial charge is 0.454 e. The predicted octanol–water partition coefficient (Wildman–Crippen LogP) is 8.54. The Morgan fingerprint density at radius 2 is 1.34 bits per heavy atom. The number of fused-ring (bicyclic) bond motifs is 9. The monoisotopic (exact) mass is 449 g/mol. The molecule has 1 aromatic heterocycles. The van der Waals surface area contributed by atoms with Crippen molar-refractivity contribution in [2.45, 2.75) is 18.9 Å². The Balaban J connectivity index is 1.27. The third-order valence-corrected chi connectivity index (χ3v) is 7.78. The molecule has 0 saturated heterocycles. The first-order chi connectivity index (χ1) is 17.3. The number of para-hydroxylation sites is 1. The number of hydrogen-bond acceptors (Lipinski definition) is 2. The molecular weight excluding hydrogens is 426 g/mol. The van der Waals surface area contributed by atoms with Gasteiger partial charge >= 0.3 is 0 Å². The zero-order chi connectivity index (χ0) is 22.9. The number of nitrogens with zero attached hydrogens (tertiary/aromatic N) is 1. The maximum atomic E-state index is 6.43. The number of benzene rings is 5. The van der Waals surface area contributed by atoms with Crippen LogP contribution in [-0.4, -0.2) is 6.04 Å². The molecule has 5 aromatic carbocycles. The first-order valence-corrected chi connectivity index (χ1v) is 12.4. The lowest BCUT2D eigenvalue weighted by Gasteiger charge is -2.21. The minimum absolute atomic E-state index is 0.457. The normalized spacial score (nSPS) is 16.0. The van der Waals surface area contributed by atoms with Crippen LogP contribution in [0.2, 0.25) is 0 Å². The second-order valence-corrected chi connectivity index (χ2v) is 9.74. The zero-order valence-corrected chi connectivity index (χ0v) is 19.2. The molecule has 6 aromatic rings. The van der Waals surface area contributed by atoms with E-state index in [-0.39, 0.29) is 0 Å². The topological polar surface area (TPSA) is 16.4 Å². The maximum Gasteiger partial charge on any atom is 0.159 e. The van der Waals surface area contributed by atoms with Crippen molar-refractivity contribution in [3.05, 3.63) is 120 Å². The van der Waals surface area contributed by atoms with Crippen molar-refractivity contribution in [1.29, 1.82) is 0 Å². The van der Waals surface area contributed by atoms with Crippen LogP contribution >= 0.6 is 0 Å². The summed E-state index contributed by atoms with van der Waals surface area (Å²) in [4.78, 5) is 2.54. The Hall–Kier alpha value is -4.30. The Kier molecular flexibility index (Phi) is 3.86. The highest BCUT2D eigenvalue weighted by atomic mass is 16.3. The van der Waals surface area contributed by atoms with Gasteiger partial charge in [0.05, 0.1) is 5.69 Å². The van der Waals surface area contributed by atoms with Crippen molar-refractivity contribution >= 4 is 33.3 Å². The quantitative estimate of drug-likeness (QED) is 0.263. The SMILES string of the molecule is c1ccc(-c2ccccc2-c2ccc3c(c2)CC2Cc4ccc5c(oc6ccccc65)c4N32)cc1. The fourth-order valence-corrected chi connectivity index (χ4v) is 6.26. The van der Waals surface area contributed by atoms with Crippen molar-refractivity contribution in [2.75, 3.05) is 4.90 Å². The summed E-state index contributed by atoms with van der Waals surface area (Å²) < 4.78 is 6.43. The number of rotatable bonds is 2. The molecule has 0 amide bonds. The van der Waals surface area contributed by atoms with Crippen LogP contribution in [0.4, 0.5) is 11.4 Å². The van der Waals surface area contributed by atoms with Crippen LogP contribution in [0, 0.1) is 0 Å². The number of furan rings is 1. The van der Waals surface area contributed by atoms with Crippen LogP contribution in [0.25, 0.3) is 44.2 Å². The van der Waals surface area contributed by atoms with E-state index < -0.39 is 0 Å². The standard InChI is InChI=1S/C33H23NO/c1-2-8-21(9-3-1)26-10-4-5-11-27(26)22-15-17-30-24(18-22)20-25-19-23-14-16-29-28-12-6-7-13-31(28)35-33(29)32(23)34(25)30/h1-18,25H,19-20H2. The Bertz CT molecular complexity index is 1760. The maximum absolute atomic E-state index is 6.43. The van der Waals surface area contributed by atoms with Crippen LogP contribution in [0.5, 0.6) is 0 Å². The summed E-state index contributed by atoms with van der Waals surface area (Å²) in [7, 11) is 0. The van der Waals surface area contributed by atoms with Crippen molar-refractivity contribution in [3.63, 3.8) is 0 Å². The van der Waals surface area contributed by atoms with Gasteiger partial charge < -0.3 is 9.32 Å². The number of hydrogen-bond donors (Lipinski definition) is 0. The van der Waals surface area contributed by atoms with Gasteiger partial charge in [-0.2, -0.15) is 0 Å². The molecule has 0 spiro atoms. The first-order valence-electron chi connectivity index (χ1n) is 12.4. The lowest BCUT2D eigenvalue weighted by atomic mass is 9.93. The average molecular weight is 450 g/mol. The zero-order valence-electron chi connectivity index (χ0n) is 19.2. The van der Waals surface area contributed by atoms with E-state index in [0.29, 0.717) is 6.04 Å². The Labute approximate surface area is 204 Å². The smallest absolute Gasteiger partial charge is 0.159 e. The molecule has 3 heterocycles. The molecule has 0 fully saturated rings. The summed E-state index contributed by atoms with van der Waals surface area (Å²) in [6.07, 6.45) is 2.13. The summed E-state index contributed by atoms with van der Waals surface area (Å²) in [5.41, 5.74) is 12.5. The van der Waals surface area contributed by atoms with Crippen LogP contribution < -0.4 is 4.90 Å². The fraction of sp³-hybridized carbons (Fsp3) is 0.0909. The summed E-state index contributed by atoms with van der Waals surface area (Å²) in [6, 6.07) is 39.8. The van der Waals surface area contributed by atoms with E-state index in [1.165, 1.54) is 55.5 Å². The molecule has 1 atom stereocenters. The molecule has 0 N–H and O–H groups in total. The molecule has 166 valence electrons. The van der Waals surface area contributed by atoms with Crippen LogP contribution in [-0.2, 0) is 12.8 Å². The third-order valence-electron chi connectivity index (χ3n) is 7.78. The molecule has 0 saturated carbocycles. The fourth-order valence-electron chi connectivity index (χ4n) is 6.26. The molecule has 0 aliphatic carbocycles. The van der Waals surface area contributed by atoms with Gasteiger partial charge in [-0.05, 0) is 64.4 Å². The van der Waals surface area contributed by atoms with Crippen LogP contribution in [0.15, 0.2) is 114 Å². The van der Waals surface area contributed by atoms with Crippen molar-refractivity contribution in [3.8, 4) is 22.3 Å². The van der Waals surface area contributed by atoms with E-state index in [2.05, 4.69) is 108 Å². The third kappa shape index (κ3) is 2.71. The average Bonchev–Trinajstić information content (AvgIpc) is 3.57. The summed E-state index contributed by atoms with van der Waals surface area (Å²) in [5, 5.41) is 2.41. The van der Waals surface area contributed by atoms with E-state index >= 15 is 0 Å². The highest BCUT2D eigenvalue weighted by Crippen LogP contribution is 2.51. The first kappa shape index (κ1) is 19.1. The van der Waals surface area contributed by atoms with E-state index in [0.717, 1.165) is 24.0 Å². The van der Waals surface area contributed by atoms with Gasteiger partial charge in [-0.1, -0.05) is 91.0 Å². The molecule has 0 radical (unpaired) electrons. The molecule has 2 heteroatoms. The summed E-state index contributed by atoms with van der Waals surface area (Å²) in [6.45, 7) is 0. The van der Waals surface area contributed by atoms with Gasteiger partial charge in [0, 0.05) is 22.5 Å². The van der Waals surface area contributed by atoms with E-state index in [1.807, 2.05) is 6.07 Å². The van der Waals surface area contributed by atoms with Crippen molar-refractivity contribution < 1.29 is 4.42 Å². The molecule has 2 aliphatic rings. The van der Waals surface area contributed by atoms with Gasteiger partial charge in [0.1, 0.15) is 5.58 Å². The predicted molar refractivity (Wildman–Crippen MR) is 144 cm³/mol. The van der Waals surface area contributed by atoms with Gasteiger partial charge in [-0.3, -0.25) is 0 Å². The van der Waals surface area contributed by atoms with Gasteiger partial charge in [-0.25, -0.2) is 0 Å². The van der Waals surface area contributed by atoms with Crippen LogP contribution in [0.3, 0.4) is 0 Å². The highest BCUT2D eigenvalue weighted by molar-refractivity contribution is 6.11. The number of anilines is 2. The lowest BCUT2D eigenvalue weighted by molar-refractivity contribution is 0.666.